The van der Waals surface area contributed by atoms with Gasteiger partial charge in [0.15, 0.2) is 0 Å². The molecular formula is C14H22ClN3O2S. The molecule has 1 aromatic carbocycles. The van der Waals surface area contributed by atoms with E-state index < -0.39 is 10.0 Å². The fraction of sp³-hybridized carbons (Fsp3) is 0.571. The van der Waals surface area contributed by atoms with Crippen LogP contribution in [0.1, 0.15) is 12.5 Å². The number of nitrogens with zero attached hydrogens (tertiary/aromatic N) is 2. The molecule has 2 rings (SSSR count). The van der Waals surface area contributed by atoms with Gasteiger partial charge >= 0.3 is 0 Å². The van der Waals surface area contributed by atoms with E-state index in [-0.39, 0.29) is 4.90 Å². The first-order chi connectivity index (χ1) is 9.95. The van der Waals surface area contributed by atoms with Crippen molar-refractivity contribution in [3.05, 3.63) is 28.8 Å². The number of hydrogen-bond acceptors (Lipinski definition) is 4. The number of nitrogens with one attached hydrogen (secondary N) is 1. The van der Waals surface area contributed by atoms with E-state index in [1.165, 1.54) is 4.31 Å². The zero-order chi connectivity index (χ0) is 15.5. The molecular weight excluding hydrogens is 310 g/mol. The summed E-state index contributed by atoms with van der Waals surface area (Å²) < 4.78 is 26.7. The average molecular weight is 332 g/mol. The second kappa shape index (κ2) is 7.07. The molecule has 0 unspecified atom stereocenters. The Morgan fingerprint density at radius 3 is 2.48 bits per heavy atom. The highest BCUT2D eigenvalue weighted by atomic mass is 35.5. The standard InChI is InChI=1S/C14H22ClN3O2S/c1-3-16-11-12-4-5-13(10-14(12)15)21(19,20)18-8-6-17(2)7-9-18/h4-5,10,16H,3,6-9,11H2,1-2H3. The van der Waals surface area contributed by atoms with Crippen molar-refractivity contribution >= 4 is 21.6 Å². The maximum absolute atomic E-state index is 12.6. The summed E-state index contributed by atoms with van der Waals surface area (Å²) in [5.74, 6) is 0. The van der Waals surface area contributed by atoms with Crippen molar-refractivity contribution in [3.8, 4) is 0 Å². The van der Waals surface area contributed by atoms with Crippen LogP contribution in [0.2, 0.25) is 5.02 Å². The Labute approximate surface area is 131 Å². The van der Waals surface area contributed by atoms with Crippen molar-refractivity contribution in [3.63, 3.8) is 0 Å². The zero-order valence-electron chi connectivity index (χ0n) is 12.5. The monoisotopic (exact) mass is 331 g/mol. The fourth-order valence-corrected chi connectivity index (χ4v) is 4.03. The van der Waals surface area contributed by atoms with Gasteiger partial charge in [0.25, 0.3) is 0 Å². The Hall–Kier alpha value is -0.660. The van der Waals surface area contributed by atoms with Crippen molar-refractivity contribution in [1.82, 2.24) is 14.5 Å². The van der Waals surface area contributed by atoms with Gasteiger partial charge in [0.2, 0.25) is 10.0 Å². The van der Waals surface area contributed by atoms with Crippen molar-refractivity contribution in [2.75, 3.05) is 39.8 Å². The van der Waals surface area contributed by atoms with E-state index in [0.29, 0.717) is 24.7 Å². The SMILES string of the molecule is CCNCc1ccc(S(=O)(=O)N2CCN(C)CC2)cc1Cl. The molecule has 1 aromatic rings. The topological polar surface area (TPSA) is 52.7 Å². The van der Waals surface area contributed by atoms with Gasteiger partial charge in [-0.2, -0.15) is 4.31 Å². The molecule has 1 aliphatic heterocycles. The molecule has 0 amide bonds. The van der Waals surface area contributed by atoms with Gasteiger partial charge in [0.1, 0.15) is 0 Å². The number of benzene rings is 1. The molecule has 0 saturated carbocycles. The van der Waals surface area contributed by atoms with E-state index in [4.69, 9.17) is 11.6 Å². The van der Waals surface area contributed by atoms with Crippen LogP contribution in [0.15, 0.2) is 23.1 Å². The van der Waals surface area contributed by atoms with E-state index in [0.717, 1.165) is 25.2 Å². The molecule has 1 heterocycles. The first-order valence-electron chi connectivity index (χ1n) is 7.13. The van der Waals surface area contributed by atoms with Crippen LogP contribution in [0.4, 0.5) is 0 Å². The van der Waals surface area contributed by atoms with Gasteiger partial charge in [-0.25, -0.2) is 8.42 Å². The number of rotatable bonds is 5. The number of piperazine rings is 1. The Bertz CT molecular complexity index is 584. The third kappa shape index (κ3) is 3.96. The molecule has 7 heteroatoms. The van der Waals surface area contributed by atoms with Gasteiger partial charge in [-0.05, 0) is 31.3 Å². The summed E-state index contributed by atoms with van der Waals surface area (Å²) in [6.45, 7) is 6.06. The molecule has 0 bridgehead atoms. The van der Waals surface area contributed by atoms with Crippen molar-refractivity contribution in [2.24, 2.45) is 0 Å². The minimum Gasteiger partial charge on any atom is -0.313 e. The molecule has 1 saturated heterocycles. The summed E-state index contributed by atoms with van der Waals surface area (Å²) in [7, 11) is -1.45. The van der Waals surface area contributed by atoms with Gasteiger partial charge in [-0.3, -0.25) is 0 Å². The first-order valence-corrected chi connectivity index (χ1v) is 8.94. The summed E-state index contributed by atoms with van der Waals surface area (Å²) in [5.41, 5.74) is 0.913. The second-order valence-electron chi connectivity index (χ2n) is 5.24. The van der Waals surface area contributed by atoms with Crippen LogP contribution < -0.4 is 5.32 Å². The van der Waals surface area contributed by atoms with Gasteiger partial charge in [0.05, 0.1) is 4.90 Å². The van der Waals surface area contributed by atoms with E-state index in [9.17, 15) is 8.42 Å². The van der Waals surface area contributed by atoms with Gasteiger partial charge in [0, 0.05) is 37.7 Å². The molecule has 118 valence electrons. The van der Waals surface area contributed by atoms with Crippen molar-refractivity contribution < 1.29 is 8.42 Å². The van der Waals surface area contributed by atoms with Gasteiger partial charge < -0.3 is 10.2 Å². The highest BCUT2D eigenvalue weighted by molar-refractivity contribution is 7.89. The predicted octanol–water partition coefficient (Wildman–Crippen LogP) is 1.39. The molecule has 0 atom stereocenters. The lowest BCUT2D eigenvalue weighted by molar-refractivity contribution is 0.222. The van der Waals surface area contributed by atoms with Crippen LogP contribution in [0.5, 0.6) is 0 Å². The van der Waals surface area contributed by atoms with Crippen LogP contribution in [-0.2, 0) is 16.6 Å². The lowest BCUT2D eigenvalue weighted by Crippen LogP contribution is -2.47. The Kier molecular flexibility index (Phi) is 5.62. The Morgan fingerprint density at radius 1 is 1.24 bits per heavy atom. The lowest BCUT2D eigenvalue weighted by atomic mass is 10.2. The van der Waals surface area contributed by atoms with E-state index >= 15 is 0 Å². The number of likely N-dealkylation sites (N-methyl/N-ethyl adjacent to an activating group) is 1. The molecule has 0 aliphatic carbocycles. The van der Waals surface area contributed by atoms with Crippen molar-refractivity contribution in [1.29, 1.82) is 0 Å². The third-order valence-electron chi connectivity index (χ3n) is 3.69. The summed E-state index contributed by atoms with van der Waals surface area (Å²) in [6, 6.07) is 4.99. The van der Waals surface area contributed by atoms with E-state index in [1.807, 2.05) is 14.0 Å². The second-order valence-corrected chi connectivity index (χ2v) is 7.59. The number of halogens is 1. The zero-order valence-corrected chi connectivity index (χ0v) is 14.0. The van der Waals surface area contributed by atoms with E-state index in [1.54, 1.807) is 18.2 Å². The van der Waals surface area contributed by atoms with Crippen molar-refractivity contribution in [2.45, 2.75) is 18.4 Å². The molecule has 1 N–H and O–H groups in total. The maximum Gasteiger partial charge on any atom is 0.243 e. The average Bonchev–Trinajstić information content (AvgIpc) is 2.46. The summed E-state index contributed by atoms with van der Waals surface area (Å²) in [5, 5.41) is 3.67. The summed E-state index contributed by atoms with van der Waals surface area (Å²) in [6.07, 6.45) is 0. The maximum atomic E-state index is 12.6. The van der Waals surface area contributed by atoms with Crippen LogP contribution in [0.3, 0.4) is 0 Å². The van der Waals surface area contributed by atoms with Crippen LogP contribution >= 0.6 is 11.6 Å². The van der Waals surface area contributed by atoms with Gasteiger partial charge in [-0.1, -0.05) is 24.6 Å². The highest BCUT2D eigenvalue weighted by Gasteiger charge is 2.27. The van der Waals surface area contributed by atoms with Crippen LogP contribution in [-0.4, -0.2) is 57.4 Å². The van der Waals surface area contributed by atoms with Crippen LogP contribution in [0.25, 0.3) is 0 Å². The molecule has 1 fully saturated rings. The minimum atomic E-state index is -3.44. The molecule has 0 aromatic heterocycles. The summed E-state index contributed by atoms with van der Waals surface area (Å²) >= 11 is 6.20. The first kappa shape index (κ1) is 16.7. The Morgan fingerprint density at radius 2 is 1.90 bits per heavy atom. The van der Waals surface area contributed by atoms with E-state index in [2.05, 4.69) is 10.2 Å². The van der Waals surface area contributed by atoms with Gasteiger partial charge in [-0.15, -0.1) is 0 Å². The molecule has 0 spiro atoms. The molecule has 0 radical (unpaired) electrons. The lowest BCUT2D eigenvalue weighted by Gasteiger charge is -2.31. The number of hydrogen-bond donors (Lipinski definition) is 1. The largest absolute Gasteiger partial charge is 0.313 e. The minimum absolute atomic E-state index is 0.275. The molecule has 21 heavy (non-hydrogen) atoms. The molecule has 1 aliphatic rings. The molecule has 5 nitrogen and oxygen atoms in total. The van der Waals surface area contributed by atoms with Crippen LogP contribution in [0, 0.1) is 0 Å². The Balaban J connectivity index is 2.18. The normalized spacial score (nSPS) is 18.0. The highest BCUT2D eigenvalue weighted by Crippen LogP contribution is 2.24. The quantitative estimate of drug-likeness (QED) is 0.886. The third-order valence-corrected chi connectivity index (χ3v) is 5.94. The predicted molar refractivity (Wildman–Crippen MR) is 85.1 cm³/mol. The fourth-order valence-electron chi connectivity index (χ4n) is 2.27. The summed E-state index contributed by atoms with van der Waals surface area (Å²) in [4.78, 5) is 2.40. The smallest absolute Gasteiger partial charge is 0.243 e. The number of sulfonamides is 1.